The number of carbonyl (C=O) groups excluding carboxylic acids is 1. The SMILES string of the molecule is Cc1cc(C)cc(NC(=O)N2CCC(N3CC(F)(F)C[C@H]3COCC3CC3)CC2)c1. The third-order valence-electron chi connectivity index (χ3n) is 6.47. The number of alkyl halides is 2. The molecule has 2 aliphatic heterocycles. The van der Waals surface area contributed by atoms with Gasteiger partial charge in [-0.25, -0.2) is 13.6 Å². The van der Waals surface area contributed by atoms with E-state index in [4.69, 9.17) is 4.74 Å². The van der Waals surface area contributed by atoms with Crippen LogP contribution in [-0.2, 0) is 4.74 Å². The molecule has 0 bridgehead atoms. The van der Waals surface area contributed by atoms with Gasteiger partial charge >= 0.3 is 6.03 Å². The summed E-state index contributed by atoms with van der Waals surface area (Å²) in [6, 6.07) is 5.72. The quantitative estimate of drug-likeness (QED) is 0.739. The Balaban J connectivity index is 1.29. The maximum absolute atomic E-state index is 14.1. The number of anilines is 1. The first-order valence-corrected chi connectivity index (χ1v) is 11.1. The number of amides is 2. The second-order valence-corrected chi connectivity index (χ2v) is 9.39. The van der Waals surface area contributed by atoms with Crippen LogP contribution in [0.2, 0.25) is 0 Å². The first kappa shape index (κ1) is 21.5. The van der Waals surface area contributed by atoms with Gasteiger partial charge in [0.1, 0.15) is 0 Å². The summed E-state index contributed by atoms with van der Waals surface area (Å²) in [6.07, 6.45) is 3.72. The van der Waals surface area contributed by atoms with Crippen LogP contribution in [0.3, 0.4) is 0 Å². The van der Waals surface area contributed by atoms with Gasteiger partial charge in [-0.2, -0.15) is 0 Å². The fourth-order valence-corrected chi connectivity index (χ4v) is 4.81. The number of carbonyl (C=O) groups is 1. The highest BCUT2D eigenvalue weighted by Gasteiger charge is 2.47. The highest BCUT2D eigenvalue weighted by Crippen LogP contribution is 2.36. The lowest BCUT2D eigenvalue weighted by Crippen LogP contribution is -2.50. The zero-order valence-corrected chi connectivity index (χ0v) is 18.0. The minimum Gasteiger partial charge on any atom is -0.380 e. The number of halogens is 2. The monoisotopic (exact) mass is 421 g/mol. The Morgan fingerprint density at radius 2 is 1.77 bits per heavy atom. The lowest BCUT2D eigenvalue weighted by molar-refractivity contribution is 0.00378. The molecule has 0 radical (unpaired) electrons. The van der Waals surface area contributed by atoms with Gasteiger partial charge in [0.15, 0.2) is 0 Å². The Hall–Kier alpha value is -1.73. The topological polar surface area (TPSA) is 44.8 Å². The molecule has 1 aromatic rings. The summed E-state index contributed by atoms with van der Waals surface area (Å²) in [5.41, 5.74) is 3.01. The molecule has 0 aromatic heterocycles. The van der Waals surface area contributed by atoms with E-state index in [0.29, 0.717) is 32.2 Å². The first-order chi connectivity index (χ1) is 14.3. The van der Waals surface area contributed by atoms with Crippen LogP contribution in [0.4, 0.5) is 19.3 Å². The highest BCUT2D eigenvalue weighted by molar-refractivity contribution is 5.89. The second kappa shape index (κ2) is 8.79. The van der Waals surface area contributed by atoms with E-state index in [9.17, 15) is 13.6 Å². The number of nitrogens with one attached hydrogen (secondary N) is 1. The number of hydrogen-bond acceptors (Lipinski definition) is 3. The standard InChI is InChI=1S/C23H33F2N3O2/c1-16-9-17(2)11-19(10-16)26-22(29)27-7-5-20(6-8-27)28-15-23(24,25)12-21(28)14-30-13-18-3-4-18/h9-11,18,20-21H,3-8,12-15H2,1-2H3,(H,26,29)/t21-/m0/s1. The van der Waals surface area contributed by atoms with Crippen LogP contribution in [0.15, 0.2) is 18.2 Å². The summed E-state index contributed by atoms with van der Waals surface area (Å²) >= 11 is 0. The molecule has 1 atom stereocenters. The molecule has 0 spiro atoms. The fourth-order valence-electron chi connectivity index (χ4n) is 4.81. The van der Waals surface area contributed by atoms with Gasteiger partial charge in [0.2, 0.25) is 0 Å². The van der Waals surface area contributed by atoms with Crippen LogP contribution in [0, 0.1) is 19.8 Å². The minimum absolute atomic E-state index is 0.0816. The Kier molecular flexibility index (Phi) is 6.30. The summed E-state index contributed by atoms with van der Waals surface area (Å²) in [5.74, 6) is -2.01. The van der Waals surface area contributed by atoms with E-state index >= 15 is 0 Å². The molecule has 1 N–H and O–H groups in total. The normalized spacial score (nSPS) is 24.9. The molecular formula is C23H33F2N3O2. The zero-order valence-electron chi connectivity index (χ0n) is 18.0. The van der Waals surface area contributed by atoms with Crippen molar-refractivity contribution in [2.45, 2.75) is 64.0 Å². The number of benzene rings is 1. The molecule has 30 heavy (non-hydrogen) atoms. The molecule has 1 aromatic carbocycles. The summed E-state index contributed by atoms with van der Waals surface area (Å²) in [5, 5.41) is 2.98. The van der Waals surface area contributed by atoms with Crippen molar-refractivity contribution >= 4 is 11.7 Å². The predicted octanol–water partition coefficient (Wildman–Crippen LogP) is 4.44. The molecule has 5 nitrogen and oxygen atoms in total. The van der Waals surface area contributed by atoms with Crippen molar-refractivity contribution < 1.29 is 18.3 Å². The molecule has 1 aliphatic carbocycles. The summed E-state index contributed by atoms with van der Waals surface area (Å²) < 4.78 is 34.0. The van der Waals surface area contributed by atoms with Crippen LogP contribution in [0.1, 0.15) is 43.2 Å². The Labute approximate surface area is 177 Å². The molecule has 166 valence electrons. The molecular weight excluding hydrogens is 388 g/mol. The van der Waals surface area contributed by atoms with E-state index in [1.807, 2.05) is 30.9 Å². The van der Waals surface area contributed by atoms with Gasteiger partial charge in [-0.05, 0) is 68.7 Å². The van der Waals surface area contributed by atoms with Crippen molar-refractivity contribution in [3.63, 3.8) is 0 Å². The molecule has 4 rings (SSSR count). The van der Waals surface area contributed by atoms with Crippen molar-refractivity contribution in [3.8, 4) is 0 Å². The number of likely N-dealkylation sites (tertiary alicyclic amines) is 2. The number of urea groups is 1. The van der Waals surface area contributed by atoms with E-state index in [0.717, 1.165) is 29.7 Å². The van der Waals surface area contributed by atoms with E-state index in [2.05, 4.69) is 11.4 Å². The van der Waals surface area contributed by atoms with Gasteiger partial charge in [-0.3, -0.25) is 4.90 Å². The average Bonchev–Trinajstić information content (AvgIpc) is 3.43. The molecule has 1 saturated carbocycles. The molecule has 3 aliphatic rings. The second-order valence-electron chi connectivity index (χ2n) is 9.39. The number of nitrogens with zero attached hydrogens (tertiary/aromatic N) is 2. The number of ether oxygens (including phenoxy) is 1. The van der Waals surface area contributed by atoms with Crippen molar-refractivity contribution in [1.82, 2.24) is 9.80 Å². The summed E-state index contributed by atoms with van der Waals surface area (Å²) in [7, 11) is 0. The molecule has 3 fully saturated rings. The summed E-state index contributed by atoms with van der Waals surface area (Å²) in [4.78, 5) is 16.4. The highest BCUT2D eigenvalue weighted by atomic mass is 19.3. The van der Waals surface area contributed by atoms with Crippen molar-refractivity contribution in [2.75, 3.05) is 38.2 Å². The zero-order chi connectivity index (χ0) is 21.3. The predicted molar refractivity (Wildman–Crippen MR) is 113 cm³/mol. The van der Waals surface area contributed by atoms with Crippen LogP contribution < -0.4 is 5.32 Å². The average molecular weight is 422 g/mol. The third-order valence-corrected chi connectivity index (χ3v) is 6.47. The van der Waals surface area contributed by atoms with Gasteiger partial charge in [0.05, 0.1) is 13.2 Å². The van der Waals surface area contributed by atoms with Gasteiger partial charge in [0.25, 0.3) is 5.92 Å². The maximum Gasteiger partial charge on any atom is 0.321 e. The third kappa shape index (κ3) is 5.49. The van der Waals surface area contributed by atoms with Gasteiger partial charge in [-0.1, -0.05) is 6.07 Å². The molecule has 2 saturated heterocycles. The largest absolute Gasteiger partial charge is 0.380 e. The number of hydrogen-bond donors (Lipinski definition) is 1. The van der Waals surface area contributed by atoms with Crippen LogP contribution in [0.5, 0.6) is 0 Å². The lowest BCUT2D eigenvalue weighted by atomic mass is 10.0. The van der Waals surface area contributed by atoms with E-state index in [1.54, 1.807) is 4.90 Å². The Morgan fingerprint density at radius 1 is 1.10 bits per heavy atom. The molecule has 2 amide bonds. The first-order valence-electron chi connectivity index (χ1n) is 11.1. The van der Waals surface area contributed by atoms with Gasteiger partial charge < -0.3 is 15.0 Å². The maximum atomic E-state index is 14.1. The van der Waals surface area contributed by atoms with Gasteiger partial charge in [0, 0.05) is 43.9 Å². The Bertz CT molecular complexity index is 741. The minimum atomic E-state index is -2.65. The van der Waals surface area contributed by atoms with Crippen LogP contribution in [0.25, 0.3) is 0 Å². The van der Waals surface area contributed by atoms with Crippen LogP contribution >= 0.6 is 0 Å². The smallest absolute Gasteiger partial charge is 0.321 e. The van der Waals surface area contributed by atoms with Gasteiger partial charge in [-0.15, -0.1) is 0 Å². The lowest BCUT2D eigenvalue weighted by Gasteiger charge is -2.39. The Morgan fingerprint density at radius 3 is 2.40 bits per heavy atom. The number of piperidine rings is 1. The van der Waals surface area contributed by atoms with E-state index < -0.39 is 5.92 Å². The summed E-state index contributed by atoms with van der Waals surface area (Å²) in [6.45, 7) is 6.07. The molecule has 0 unspecified atom stereocenters. The van der Waals surface area contributed by atoms with Crippen molar-refractivity contribution in [2.24, 2.45) is 5.92 Å². The van der Waals surface area contributed by atoms with E-state index in [1.165, 1.54) is 12.8 Å². The van der Waals surface area contributed by atoms with E-state index in [-0.39, 0.29) is 31.1 Å². The van der Waals surface area contributed by atoms with Crippen molar-refractivity contribution in [1.29, 1.82) is 0 Å². The van der Waals surface area contributed by atoms with Crippen molar-refractivity contribution in [3.05, 3.63) is 29.3 Å². The number of aryl methyl sites for hydroxylation is 2. The number of rotatable bonds is 6. The van der Waals surface area contributed by atoms with Crippen LogP contribution in [-0.4, -0.2) is 66.7 Å². The molecule has 7 heteroatoms. The fraction of sp³-hybridized carbons (Fsp3) is 0.696. The molecule has 2 heterocycles.